The molecule has 4 unspecified atom stereocenters. The molecule has 0 fully saturated rings. The zero-order valence-electron chi connectivity index (χ0n) is 20.1. The van der Waals surface area contributed by atoms with Gasteiger partial charge in [0.15, 0.2) is 0 Å². The Labute approximate surface area is 208 Å². The van der Waals surface area contributed by atoms with Crippen LogP contribution in [0, 0.1) is 5.92 Å². The van der Waals surface area contributed by atoms with Crippen molar-refractivity contribution in [2.24, 2.45) is 17.4 Å². The number of amides is 4. The number of nitrogens with one attached hydrogen (secondary N) is 3. The molecule has 36 heavy (non-hydrogen) atoms. The van der Waals surface area contributed by atoms with Gasteiger partial charge < -0.3 is 37.6 Å². The normalized spacial score (nSPS) is 14.1. The average molecular weight is 508 g/mol. The highest BCUT2D eigenvalue weighted by Crippen LogP contribution is 2.07. The van der Waals surface area contributed by atoms with Crippen LogP contribution in [0.2, 0.25) is 0 Å². The van der Waals surface area contributed by atoms with Gasteiger partial charge in [0.25, 0.3) is 0 Å². The summed E-state index contributed by atoms with van der Waals surface area (Å²) in [6.07, 6.45) is -1.47. The second kappa shape index (κ2) is 14.4. The fraction of sp³-hybridized carbons (Fsp3) is 0.478. The topological polar surface area (TPSA) is 231 Å². The molecule has 0 aliphatic heterocycles. The van der Waals surface area contributed by atoms with Gasteiger partial charge in [-0.3, -0.25) is 24.0 Å². The molecule has 13 heteroatoms. The van der Waals surface area contributed by atoms with Gasteiger partial charge in [0.05, 0.1) is 12.5 Å². The predicted molar refractivity (Wildman–Crippen MR) is 127 cm³/mol. The number of benzene rings is 1. The lowest BCUT2D eigenvalue weighted by Gasteiger charge is -2.25. The van der Waals surface area contributed by atoms with E-state index >= 15 is 0 Å². The molecule has 198 valence electrons. The highest BCUT2D eigenvalue weighted by atomic mass is 16.4. The summed E-state index contributed by atoms with van der Waals surface area (Å²) < 4.78 is 0. The largest absolute Gasteiger partial charge is 0.481 e. The maximum absolute atomic E-state index is 12.9. The van der Waals surface area contributed by atoms with Crippen LogP contribution in [0.25, 0.3) is 0 Å². The summed E-state index contributed by atoms with van der Waals surface area (Å²) in [6.45, 7) is 3.37. The molecule has 0 aliphatic carbocycles. The van der Waals surface area contributed by atoms with Crippen LogP contribution in [0.15, 0.2) is 30.3 Å². The molecule has 0 saturated heterocycles. The van der Waals surface area contributed by atoms with Gasteiger partial charge in [-0.15, -0.1) is 0 Å². The quantitative estimate of drug-likeness (QED) is 0.146. The van der Waals surface area contributed by atoms with Crippen LogP contribution in [-0.4, -0.2) is 69.9 Å². The van der Waals surface area contributed by atoms with Crippen LogP contribution in [-0.2, 0) is 35.2 Å². The minimum Gasteiger partial charge on any atom is -0.481 e. The molecule has 0 spiro atoms. The Balaban J connectivity index is 3.04. The number of carboxylic acid groups (broad SMARTS) is 2. The van der Waals surface area contributed by atoms with Crippen molar-refractivity contribution in [3.8, 4) is 0 Å². The Kier molecular flexibility index (Phi) is 12.0. The highest BCUT2D eigenvalue weighted by molar-refractivity contribution is 5.95. The number of primary amides is 1. The van der Waals surface area contributed by atoms with Gasteiger partial charge in [-0.25, -0.2) is 4.79 Å². The predicted octanol–water partition coefficient (Wildman–Crippen LogP) is -1.51. The molecule has 13 nitrogen and oxygen atoms in total. The van der Waals surface area contributed by atoms with E-state index in [2.05, 4.69) is 16.0 Å². The molecule has 4 amide bonds. The average Bonchev–Trinajstić information content (AvgIpc) is 2.80. The Hall–Kier alpha value is -4.00. The maximum atomic E-state index is 12.9. The first kappa shape index (κ1) is 30.0. The summed E-state index contributed by atoms with van der Waals surface area (Å²) in [6, 6.07) is 3.04. The van der Waals surface area contributed by atoms with E-state index in [9.17, 15) is 39.0 Å². The molecule has 0 aromatic heterocycles. The zero-order chi connectivity index (χ0) is 27.4. The minimum atomic E-state index is -1.67. The summed E-state index contributed by atoms with van der Waals surface area (Å²) in [5, 5.41) is 25.6. The van der Waals surface area contributed by atoms with Crippen LogP contribution in [0.3, 0.4) is 0 Å². The lowest BCUT2D eigenvalue weighted by atomic mass is 10.0. The molecule has 0 aliphatic rings. The third-order valence-corrected chi connectivity index (χ3v) is 5.24. The smallest absolute Gasteiger partial charge is 0.326 e. The minimum absolute atomic E-state index is 0.0833. The van der Waals surface area contributed by atoms with E-state index in [4.69, 9.17) is 11.5 Å². The van der Waals surface area contributed by atoms with Crippen molar-refractivity contribution in [2.75, 3.05) is 0 Å². The number of carboxylic acids is 2. The van der Waals surface area contributed by atoms with Crippen LogP contribution < -0.4 is 27.4 Å². The first-order chi connectivity index (χ1) is 16.8. The standard InChI is InChI=1S/C23H33N5O8/c1-12(2)19(25)22(34)26-14(8-9-17(24)29)20(32)27-15(11-18(30)31)21(33)28-16(23(35)36)10-13-6-4-3-5-7-13/h3-7,12,14-16,19H,8-11,25H2,1-2H3,(H2,24,29)(H,26,34)(H,27,32)(H,28,33)(H,30,31)(H,35,36). The number of hydrogen-bond donors (Lipinski definition) is 7. The van der Waals surface area contributed by atoms with Gasteiger partial charge in [0, 0.05) is 12.8 Å². The van der Waals surface area contributed by atoms with Gasteiger partial charge in [-0.05, 0) is 17.9 Å². The third-order valence-electron chi connectivity index (χ3n) is 5.24. The van der Waals surface area contributed by atoms with E-state index < -0.39 is 66.2 Å². The number of aliphatic carboxylic acids is 2. The van der Waals surface area contributed by atoms with Gasteiger partial charge in [-0.1, -0.05) is 44.2 Å². The third kappa shape index (κ3) is 10.5. The highest BCUT2D eigenvalue weighted by Gasteiger charge is 2.32. The summed E-state index contributed by atoms with van der Waals surface area (Å²) in [5.74, 6) is -6.52. The van der Waals surface area contributed by atoms with Gasteiger partial charge >= 0.3 is 11.9 Å². The van der Waals surface area contributed by atoms with Crippen LogP contribution in [0.5, 0.6) is 0 Å². The van der Waals surface area contributed by atoms with Crippen LogP contribution in [0.1, 0.15) is 38.7 Å². The number of hydrogen-bond acceptors (Lipinski definition) is 7. The molecule has 9 N–H and O–H groups in total. The van der Waals surface area contributed by atoms with E-state index in [-0.39, 0.29) is 25.2 Å². The summed E-state index contributed by atoms with van der Waals surface area (Å²) in [7, 11) is 0. The van der Waals surface area contributed by atoms with E-state index in [0.717, 1.165) is 0 Å². The lowest BCUT2D eigenvalue weighted by Crippen LogP contribution is -2.58. The number of rotatable bonds is 15. The Bertz CT molecular complexity index is 953. The van der Waals surface area contributed by atoms with Crippen LogP contribution >= 0.6 is 0 Å². The monoisotopic (exact) mass is 507 g/mol. The number of carbonyl (C=O) groups excluding carboxylic acids is 4. The van der Waals surface area contributed by atoms with Crippen molar-refractivity contribution in [1.82, 2.24) is 16.0 Å². The van der Waals surface area contributed by atoms with Crippen molar-refractivity contribution in [1.29, 1.82) is 0 Å². The molecule has 0 radical (unpaired) electrons. The molecular formula is C23H33N5O8. The second-order valence-corrected chi connectivity index (χ2v) is 8.58. The fourth-order valence-corrected chi connectivity index (χ4v) is 3.10. The van der Waals surface area contributed by atoms with E-state index in [0.29, 0.717) is 5.56 Å². The van der Waals surface area contributed by atoms with Crippen molar-refractivity contribution >= 4 is 35.6 Å². The van der Waals surface area contributed by atoms with Gasteiger partial charge in [0.2, 0.25) is 23.6 Å². The zero-order valence-corrected chi connectivity index (χ0v) is 20.1. The number of carbonyl (C=O) groups is 6. The fourth-order valence-electron chi connectivity index (χ4n) is 3.10. The Morgan fingerprint density at radius 2 is 1.36 bits per heavy atom. The first-order valence-corrected chi connectivity index (χ1v) is 11.2. The van der Waals surface area contributed by atoms with Gasteiger partial charge in [0.1, 0.15) is 18.1 Å². The summed E-state index contributed by atoms with van der Waals surface area (Å²) in [4.78, 5) is 72.3. The second-order valence-electron chi connectivity index (χ2n) is 8.58. The molecule has 1 rings (SSSR count). The van der Waals surface area contributed by atoms with E-state index in [1.54, 1.807) is 44.2 Å². The van der Waals surface area contributed by atoms with Crippen LogP contribution in [0.4, 0.5) is 0 Å². The van der Waals surface area contributed by atoms with E-state index in [1.807, 2.05) is 0 Å². The summed E-state index contributed by atoms with van der Waals surface area (Å²) >= 11 is 0. The lowest BCUT2D eigenvalue weighted by molar-refractivity contribution is -0.143. The van der Waals surface area contributed by atoms with Crippen molar-refractivity contribution < 1.29 is 39.0 Å². The Morgan fingerprint density at radius 1 is 0.833 bits per heavy atom. The molecule has 0 saturated carbocycles. The molecule has 1 aromatic carbocycles. The van der Waals surface area contributed by atoms with Crippen molar-refractivity contribution in [2.45, 2.75) is 63.7 Å². The van der Waals surface area contributed by atoms with Gasteiger partial charge in [-0.2, -0.15) is 0 Å². The SMILES string of the molecule is CC(C)C(N)C(=O)NC(CCC(N)=O)C(=O)NC(CC(=O)O)C(=O)NC(Cc1ccccc1)C(=O)O. The first-order valence-electron chi connectivity index (χ1n) is 11.2. The Morgan fingerprint density at radius 3 is 1.86 bits per heavy atom. The van der Waals surface area contributed by atoms with Crippen molar-refractivity contribution in [3.05, 3.63) is 35.9 Å². The van der Waals surface area contributed by atoms with E-state index in [1.165, 1.54) is 0 Å². The summed E-state index contributed by atoms with van der Waals surface area (Å²) in [5.41, 5.74) is 11.5. The molecular weight excluding hydrogens is 474 g/mol. The molecule has 0 bridgehead atoms. The molecule has 1 aromatic rings. The van der Waals surface area contributed by atoms with Crippen molar-refractivity contribution in [3.63, 3.8) is 0 Å². The number of nitrogens with two attached hydrogens (primary N) is 2. The maximum Gasteiger partial charge on any atom is 0.326 e. The molecule has 4 atom stereocenters. The molecule has 0 heterocycles.